The first-order chi connectivity index (χ1) is 14.3. The molecule has 1 heterocycles. The van der Waals surface area contributed by atoms with Crippen molar-refractivity contribution in [3.05, 3.63) is 64.2 Å². The molecule has 1 saturated heterocycles. The molecule has 2 aromatic carbocycles. The minimum Gasteiger partial charge on any atom is -0.379 e. The lowest BCUT2D eigenvalue weighted by Crippen LogP contribution is -2.36. The van der Waals surface area contributed by atoms with E-state index < -0.39 is 10.0 Å². The quantitative estimate of drug-likeness (QED) is 0.699. The van der Waals surface area contributed by atoms with Gasteiger partial charge >= 0.3 is 0 Å². The molecule has 0 bridgehead atoms. The molecule has 7 nitrogen and oxygen atoms in total. The number of benzene rings is 2. The van der Waals surface area contributed by atoms with Gasteiger partial charge in [-0.05, 0) is 29.3 Å². The summed E-state index contributed by atoms with van der Waals surface area (Å²) >= 11 is 6.20. The van der Waals surface area contributed by atoms with E-state index in [0.717, 1.165) is 54.5 Å². The SMILES string of the molecule is CN(c1ccc(Cl)c(C(=O)NCc2ccccc2CN2CCOCC2)c1)S(C)(=O)=O. The molecular formula is C21H26ClN3O4S. The second-order valence-electron chi connectivity index (χ2n) is 7.23. The van der Waals surface area contributed by atoms with E-state index >= 15 is 0 Å². The molecule has 1 N–H and O–H groups in total. The second kappa shape index (κ2) is 9.78. The number of morpholine rings is 1. The van der Waals surface area contributed by atoms with Gasteiger partial charge in [-0.15, -0.1) is 0 Å². The lowest BCUT2D eigenvalue weighted by Gasteiger charge is -2.27. The van der Waals surface area contributed by atoms with E-state index in [-0.39, 0.29) is 16.5 Å². The van der Waals surface area contributed by atoms with Gasteiger partial charge < -0.3 is 10.1 Å². The van der Waals surface area contributed by atoms with Gasteiger partial charge in [-0.2, -0.15) is 0 Å². The molecule has 0 unspecified atom stereocenters. The smallest absolute Gasteiger partial charge is 0.253 e. The summed E-state index contributed by atoms with van der Waals surface area (Å²) in [6.07, 6.45) is 1.10. The number of amides is 1. The van der Waals surface area contributed by atoms with E-state index in [1.54, 1.807) is 6.07 Å². The maximum Gasteiger partial charge on any atom is 0.253 e. The number of nitrogens with zero attached hydrogens (tertiary/aromatic N) is 2. The van der Waals surface area contributed by atoms with Crippen LogP contribution in [-0.4, -0.2) is 58.8 Å². The molecule has 0 aliphatic carbocycles. The van der Waals surface area contributed by atoms with Gasteiger partial charge in [0, 0.05) is 33.2 Å². The van der Waals surface area contributed by atoms with Crippen molar-refractivity contribution in [1.82, 2.24) is 10.2 Å². The molecule has 0 radical (unpaired) electrons. The predicted molar refractivity (Wildman–Crippen MR) is 118 cm³/mol. The highest BCUT2D eigenvalue weighted by Gasteiger charge is 2.18. The number of carbonyl (C=O) groups is 1. The second-order valence-corrected chi connectivity index (χ2v) is 9.66. The molecule has 0 aromatic heterocycles. The van der Waals surface area contributed by atoms with Crippen molar-refractivity contribution in [3.8, 4) is 0 Å². The topological polar surface area (TPSA) is 79.0 Å². The summed E-state index contributed by atoms with van der Waals surface area (Å²) < 4.78 is 30.1. The largest absolute Gasteiger partial charge is 0.379 e. The molecule has 0 saturated carbocycles. The zero-order chi connectivity index (χ0) is 21.7. The first kappa shape index (κ1) is 22.6. The average Bonchev–Trinajstić information content (AvgIpc) is 2.73. The van der Waals surface area contributed by atoms with Crippen LogP contribution in [0.2, 0.25) is 5.02 Å². The maximum absolute atomic E-state index is 12.8. The van der Waals surface area contributed by atoms with Crippen molar-refractivity contribution >= 4 is 33.2 Å². The number of ether oxygens (including phenoxy) is 1. The highest BCUT2D eigenvalue weighted by atomic mass is 35.5. The Bertz CT molecular complexity index is 1010. The molecular weight excluding hydrogens is 426 g/mol. The zero-order valence-corrected chi connectivity index (χ0v) is 18.7. The average molecular weight is 452 g/mol. The molecule has 1 amide bonds. The lowest BCUT2D eigenvalue weighted by molar-refractivity contribution is 0.0340. The Balaban J connectivity index is 1.72. The molecule has 0 atom stereocenters. The summed E-state index contributed by atoms with van der Waals surface area (Å²) in [6.45, 7) is 4.38. The van der Waals surface area contributed by atoms with Crippen LogP contribution in [-0.2, 0) is 27.8 Å². The Morgan fingerprint density at radius 1 is 1.17 bits per heavy atom. The molecule has 30 heavy (non-hydrogen) atoms. The van der Waals surface area contributed by atoms with E-state index in [1.165, 1.54) is 19.2 Å². The van der Waals surface area contributed by atoms with Crippen LogP contribution in [0.15, 0.2) is 42.5 Å². The third-order valence-corrected chi connectivity index (χ3v) is 6.65. The molecule has 3 rings (SSSR count). The maximum atomic E-state index is 12.8. The van der Waals surface area contributed by atoms with Gasteiger partial charge in [0.05, 0.1) is 35.7 Å². The summed E-state index contributed by atoms with van der Waals surface area (Å²) in [6, 6.07) is 12.6. The number of hydrogen-bond donors (Lipinski definition) is 1. The van der Waals surface area contributed by atoms with E-state index in [2.05, 4.69) is 16.3 Å². The minimum absolute atomic E-state index is 0.232. The molecule has 0 spiro atoms. The van der Waals surface area contributed by atoms with Crippen molar-refractivity contribution in [2.24, 2.45) is 0 Å². The number of halogens is 1. The van der Waals surface area contributed by atoms with Crippen LogP contribution in [0.1, 0.15) is 21.5 Å². The Kier molecular flexibility index (Phi) is 7.36. The number of rotatable bonds is 7. The Hall–Kier alpha value is -2.13. The van der Waals surface area contributed by atoms with Gasteiger partial charge in [0.1, 0.15) is 0 Å². The monoisotopic (exact) mass is 451 g/mol. The first-order valence-electron chi connectivity index (χ1n) is 9.64. The minimum atomic E-state index is -3.44. The number of sulfonamides is 1. The number of hydrogen-bond acceptors (Lipinski definition) is 5. The lowest BCUT2D eigenvalue weighted by atomic mass is 10.1. The summed E-state index contributed by atoms with van der Waals surface area (Å²) in [5.41, 5.74) is 2.78. The van der Waals surface area contributed by atoms with Gasteiger partial charge in [-0.3, -0.25) is 14.0 Å². The fraction of sp³-hybridized carbons (Fsp3) is 0.381. The van der Waals surface area contributed by atoms with Crippen LogP contribution >= 0.6 is 11.6 Å². The Morgan fingerprint density at radius 2 is 1.83 bits per heavy atom. The number of anilines is 1. The van der Waals surface area contributed by atoms with Gasteiger partial charge in [0.25, 0.3) is 5.91 Å². The summed E-state index contributed by atoms with van der Waals surface area (Å²) in [5.74, 6) is -0.357. The standard InChI is InChI=1S/C21H26ClN3O4S/c1-24(30(2,27)28)18-7-8-20(22)19(13-18)21(26)23-14-16-5-3-4-6-17(16)15-25-9-11-29-12-10-25/h3-8,13H,9-12,14-15H2,1-2H3,(H,23,26). The molecule has 9 heteroatoms. The summed E-state index contributed by atoms with van der Waals surface area (Å²) in [4.78, 5) is 15.1. The molecule has 2 aromatic rings. The highest BCUT2D eigenvalue weighted by Crippen LogP contribution is 2.24. The van der Waals surface area contributed by atoms with Crippen LogP contribution < -0.4 is 9.62 Å². The van der Waals surface area contributed by atoms with E-state index in [0.29, 0.717) is 12.2 Å². The Labute approximate surface area is 182 Å². The third kappa shape index (κ3) is 5.72. The van der Waals surface area contributed by atoms with E-state index in [9.17, 15) is 13.2 Å². The molecule has 1 fully saturated rings. The fourth-order valence-corrected chi connectivity index (χ4v) is 3.93. The molecule has 1 aliphatic heterocycles. The molecule has 1 aliphatic rings. The molecule has 162 valence electrons. The Morgan fingerprint density at radius 3 is 2.50 bits per heavy atom. The first-order valence-corrected chi connectivity index (χ1v) is 11.9. The number of nitrogens with one attached hydrogen (secondary N) is 1. The van der Waals surface area contributed by atoms with Crippen molar-refractivity contribution in [3.63, 3.8) is 0 Å². The van der Waals surface area contributed by atoms with Crippen molar-refractivity contribution in [1.29, 1.82) is 0 Å². The fourth-order valence-electron chi connectivity index (χ4n) is 3.23. The van der Waals surface area contributed by atoms with Gasteiger partial charge in [-0.25, -0.2) is 8.42 Å². The third-order valence-electron chi connectivity index (χ3n) is 5.11. The zero-order valence-electron chi connectivity index (χ0n) is 17.1. The van der Waals surface area contributed by atoms with Crippen molar-refractivity contribution in [2.45, 2.75) is 13.1 Å². The van der Waals surface area contributed by atoms with Gasteiger partial charge in [-0.1, -0.05) is 35.9 Å². The predicted octanol–water partition coefficient (Wildman–Crippen LogP) is 2.50. The van der Waals surface area contributed by atoms with E-state index in [1.807, 2.05) is 18.2 Å². The normalized spacial score (nSPS) is 15.0. The van der Waals surface area contributed by atoms with Crippen LogP contribution in [0, 0.1) is 0 Å². The van der Waals surface area contributed by atoms with Crippen LogP contribution in [0.5, 0.6) is 0 Å². The number of carbonyl (C=O) groups excluding carboxylic acids is 1. The van der Waals surface area contributed by atoms with Crippen LogP contribution in [0.3, 0.4) is 0 Å². The van der Waals surface area contributed by atoms with Crippen LogP contribution in [0.25, 0.3) is 0 Å². The van der Waals surface area contributed by atoms with Gasteiger partial charge in [0.2, 0.25) is 10.0 Å². The van der Waals surface area contributed by atoms with Crippen molar-refractivity contribution < 1.29 is 17.9 Å². The summed E-state index contributed by atoms with van der Waals surface area (Å²) in [7, 11) is -2.01. The highest BCUT2D eigenvalue weighted by molar-refractivity contribution is 7.92. The van der Waals surface area contributed by atoms with Crippen LogP contribution in [0.4, 0.5) is 5.69 Å². The van der Waals surface area contributed by atoms with Gasteiger partial charge in [0.15, 0.2) is 0 Å². The van der Waals surface area contributed by atoms with E-state index in [4.69, 9.17) is 16.3 Å². The van der Waals surface area contributed by atoms with Crippen molar-refractivity contribution in [2.75, 3.05) is 43.9 Å². The summed E-state index contributed by atoms with van der Waals surface area (Å²) in [5, 5.41) is 3.17.